The van der Waals surface area contributed by atoms with Crippen LogP contribution in [0.25, 0.3) is 0 Å². The Morgan fingerprint density at radius 2 is 2.06 bits per heavy atom. The molecule has 1 heterocycles. The molecule has 1 aliphatic rings. The first-order chi connectivity index (χ1) is 8.16. The summed E-state index contributed by atoms with van der Waals surface area (Å²) in [5.41, 5.74) is 2.44. The fourth-order valence-corrected chi connectivity index (χ4v) is 2.75. The number of rotatable bonds is 4. The fourth-order valence-electron chi connectivity index (χ4n) is 2.75. The lowest BCUT2D eigenvalue weighted by Gasteiger charge is -2.27. The van der Waals surface area contributed by atoms with Crippen molar-refractivity contribution in [2.75, 3.05) is 0 Å². The van der Waals surface area contributed by atoms with Gasteiger partial charge in [0, 0.05) is 24.3 Å². The van der Waals surface area contributed by atoms with Crippen LogP contribution in [0.2, 0.25) is 0 Å². The third-order valence-electron chi connectivity index (χ3n) is 3.94. The highest BCUT2D eigenvalue weighted by molar-refractivity contribution is 5.08. The molecule has 1 aromatic rings. The molecule has 1 unspecified atom stereocenters. The molecule has 1 atom stereocenters. The molecule has 2 rings (SSSR count). The van der Waals surface area contributed by atoms with Crippen molar-refractivity contribution in [1.82, 2.24) is 14.9 Å². The van der Waals surface area contributed by atoms with Gasteiger partial charge in [0.2, 0.25) is 0 Å². The van der Waals surface area contributed by atoms with Crippen LogP contribution in [0.1, 0.15) is 50.4 Å². The molecule has 1 aromatic heterocycles. The van der Waals surface area contributed by atoms with Gasteiger partial charge < -0.3 is 9.88 Å². The molecule has 0 spiro atoms. The summed E-state index contributed by atoms with van der Waals surface area (Å²) in [6.45, 7) is 7.53. The Bertz CT molecular complexity index is 350. The molecule has 0 aromatic carbocycles. The van der Waals surface area contributed by atoms with Crippen molar-refractivity contribution in [3.8, 4) is 0 Å². The van der Waals surface area contributed by atoms with E-state index < -0.39 is 0 Å². The Morgan fingerprint density at radius 1 is 1.35 bits per heavy atom. The van der Waals surface area contributed by atoms with Crippen LogP contribution in [0.5, 0.6) is 0 Å². The van der Waals surface area contributed by atoms with Crippen molar-refractivity contribution in [3.05, 3.63) is 17.7 Å². The number of nitrogens with zero attached hydrogens (tertiary/aromatic N) is 2. The van der Waals surface area contributed by atoms with Gasteiger partial charge in [-0.25, -0.2) is 4.98 Å². The first-order valence-electron chi connectivity index (χ1n) is 6.91. The van der Waals surface area contributed by atoms with Gasteiger partial charge >= 0.3 is 0 Å². The summed E-state index contributed by atoms with van der Waals surface area (Å²) in [5.74, 6) is 0. The van der Waals surface area contributed by atoms with Crippen LogP contribution in [0.3, 0.4) is 0 Å². The summed E-state index contributed by atoms with van der Waals surface area (Å²) >= 11 is 0. The normalized spacial score (nSPS) is 19.5. The van der Waals surface area contributed by atoms with Crippen LogP contribution in [-0.2, 0) is 6.54 Å². The molecule has 0 amide bonds. The summed E-state index contributed by atoms with van der Waals surface area (Å²) < 4.78 is 2.26. The van der Waals surface area contributed by atoms with Crippen molar-refractivity contribution in [3.63, 3.8) is 0 Å². The van der Waals surface area contributed by atoms with E-state index in [0.29, 0.717) is 6.04 Å². The van der Waals surface area contributed by atoms with Gasteiger partial charge in [-0.15, -0.1) is 0 Å². The highest BCUT2D eigenvalue weighted by atomic mass is 15.1. The zero-order chi connectivity index (χ0) is 12.3. The van der Waals surface area contributed by atoms with E-state index in [9.17, 15) is 0 Å². The first-order valence-corrected chi connectivity index (χ1v) is 6.91. The number of hydrogen-bond donors (Lipinski definition) is 1. The molecule has 1 aliphatic carbocycles. The van der Waals surface area contributed by atoms with Crippen molar-refractivity contribution >= 4 is 0 Å². The van der Waals surface area contributed by atoms with E-state index in [0.717, 1.165) is 18.3 Å². The largest absolute Gasteiger partial charge is 0.333 e. The maximum Gasteiger partial charge on any atom is 0.0951 e. The van der Waals surface area contributed by atoms with Gasteiger partial charge in [0.15, 0.2) is 0 Å². The molecular formula is C14H25N3. The molecule has 3 nitrogen and oxygen atoms in total. The molecule has 17 heavy (non-hydrogen) atoms. The molecule has 3 heteroatoms. The van der Waals surface area contributed by atoms with Crippen LogP contribution in [0.4, 0.5) is 0 Å². The van der Waals surface area contributed by atoms with Gasteiger partial charge in [-0.1, -0.05) is 19.3 Å². The van der Waals surface area contributed by atoms with Crippen molar-refractivity contribution < 1.29 is 0 Å². The quantitative estimate of drug-likeness (QED) is 0.869. The standard InChI is InChI=1S/C14H25N3/c1-11(16-14-7-5-4-6-8-14)9-17-10-15-12(2)13(17)3/h10-11,14,16H,4-9H2,1-3H3. The van der Waals surface area contributed by atoms with Gasteiger partial charge in [-0.3, -0.25) is 0 Å². The van der Waals surface area contributed by atoms with Crippen LogP contribution in [0.15, 0.2) is 6.33 Å². The topological polar surface area (TPSA) is 29.9 Å². The SMILES string of the molecule is Cc1ncn(CC(C)NC2CCCCC2)c1C. The second-order valence-electron chi connectivity index (χ2n) is 5.47. The number of nitrogens with one attached hydrogen (secondary N) is 1. The van der Waals surface area contributed by atoms with E-state index in [1.165, 1.54) is 37.8 Å². The van der Waals surface area contributed by atoms with Crippen molar-refractivity contribution in [2.24, 2.45) is 0 Å². The summed E-state index contributed by atoms with van der Waals surface area (Å²) in [6.07, 6.45) is 8.88. The second kappa shape index (κ2) is 5.67. The minimum atomic E-state index is 0.533. The van der Waals surface area contributed by atoms with Gasteiger partial charge in [0.25, 0.3) is 0 Å². The molecule has 0 saturated heterocycles. The van der Waals surface area contributed by atoms with Crippen LogP contribution in [0, 0.1) is 13.8 Å². The van der Waals surface area contributed by atoms with Gasteiger partial charge in [-0.05, 0) is 33.6 Å². The van der Waals surface area contributed by atoms with E-state index in [4.69, 9.17) is 0 Å². The smallest absolute Gasteiger partial charge is 0.0951 e. The number of aryl methyl sites for hydroxylation is 1. The van der Waals surface area contributed by atoms with Crippen molar-refractivity contribution in [2.45, 2.75) is 71.5 Å². The zero-order valence-electron chi connectivity index (χ0n) is 11.4. The molecule has 0 radical (unpaired) electrons. The van der Waals surface area contributed by atoms with Gasteiger partial charge in [0.1, 0.15) is 0 Å². The Labute approximate surface area is 105 Å². The Hall–Kier alpha value is -0.830. The lowest BCUT2D eigenvalue weighted by atomic mass is 9.95. The van der Waals surface area contributed by atoms with Crippen LogP contribution < -0.4 is 5.32 Å². The number of hydrogen-bond acceptors (Lipinski definition) is 2. The Morgan fingerprint density at radius 3 is 2.65 bits per heavy atom. The van der Waals surface area contributed by atoms with Crippen LogP contribution in [-0.4, -0.2) is 21.6 Å². The highest BCUT2D eigenvalue weighted by Crippen LogP contribution is 2.18. The van der Waals surface area contributed by atoms with Gasteiger partial charge in [-0.2, -0.15) is 0 Å². The third kappa shape index (κ3) is 3.32. The fraction of sp³-hybridized carbons (Fsp3) is 0.786. The monoisotopic (exact) mass is 235 g/mol. The molecule has 0 aliphatic heterocycles. The Kier molecular flexibility index (Phi) is 4.21. The highest BCUT2D eigenvalue weighted by Gasteiger charge is 2.16. The van der Waals surface area contributed by atoms with Gasteiger partial charge in [0.05, 0.1) is 12.0 Å². The zero-order valence-corrected chi connectivity index (χ0v) is 11.4. The predicted molar refractivity (Wildman–Crippen MR) is 71.2 cm³/mol. The summed E-state index contributed by atoms with van der Waals surface area (Å²) in [6, 6.07) is 1.27. The lowest BCUT2D eigenvalue weighted by Crippen LogP contribution is -2.40. The van der Waals surface area contributed by atoms with Crippen LogP contribution >= 0.6 is 0 Å². The summed E-state index contributed by atoms with van der Waals surface area (Å²) in [5, 5.41) is 3.76. The second-order valence-corrected chi connectivity index (χ2v) is 5.47. The minimum Gasteiger partial charge on any atom is -0.333 e. The average Bonchev–Trinajstić information content (AvgIpc) is 2.62. The maximum atomic E-state index is 4.35. The molecule has 1 N–H and O–H groups in total. The van der Waals surface area contributed by atoms with E-state index in [-0.39, 0.29) is 0 Å². The molecule has 1 fully saturated rings. The predicted octanol–water partition coefficient (Wildman–Crippen LogP) is 2.81. The van der Waals surface area contributed by atoms with Crippen molar-refractivity contribution in [1.29, 1.82) is 0 Å². The molecule has 0 bridgehead atoms. The molecule has 96 valence electrons. The maximum absolute atomic E-state index is 4.35. The Balaban J connectivity index is 1.84. The molecular weight excluding hydrogens is 210 g/mol. The van der Waals surface area contributed by atoms with E-state index in [2.05, 4.69) is 35.6 Å². The number of imidazole rings is 1. The minimum absolute atomic E-state index is 0.533. The first kappa shape index (κ1) is 12.6. The molecule has 1 saturated carbocycles. The number of aromatic nitrogens is 2. The van der Waals surface area contributed by atoms with E-state index >= 15 is 0 Å². The van der Waals surface area contributed by atoms with E-state index in [1.807, 2.05) is 6.33 Å². The third-order valence-corrected chi connectivity index (χ3v) is 3.94. The summed E-state index contributed by atoms with van der Waals surface area (Å²) in [4.78, 5) is 4.35. The summed E-state index contributed by atoms with van der Waals surface area (Å²) in [7, 11) is 0. The lowest BCUT2D eigenvalue weighted by molar-refractivity contribution is 0.328. The van der Waals surface area contributed by atoms with E-state index in [1.54, 1.807) is 0 Å². The average molecular weight is 235 g/mol.